The Morgan fingerprint density at radius 1 is 1.19 bits per heavy atom. The third-order valence-corrected chi connectivity index (χ3v) is 7.74. The van der Waals surface area contributed by atoms with Gasteiger partial charge in [-0.2, -0.15) is 0 Å². The molecule has 1 spiro atoms. The number of aliphatic hydroxyl groups is 1. The average molecular weight is 286 g/mol. The van der Waals surface area contributed by atoms with Gasteiger partial charge in [-0.3, -0.25) is 0 Å². The molecule has 4 unspecified atom stereocenters. The van der Waals surface area contributed by atoms with E-state index in [9.17, 15) is 5.11 Å². The average Bonchev–Trinajstić information content (AvgIpc) is 3.09. The van der Waals surface area contributed by atoms with Crippen molar-refractivity contribution in [3.8, 4) is 0 Å². The van der Waals surface area contributed by atoms with Gasteiger partial charge in [0.1, 0.15) is 5.76 Å². The Morgan fingerprint density at radius 2 is 2.14 bits per heavy atom. The van der Waals surface area contributed by atoms with E-state index in [2.05, 4.69) is 6.07 Å². The molecule has 1 aromatic heterocycles. The van der Waals surface area contributed by atoms with E-state index < -0.39 is 0 Å². The van der Waals surface area contributed by atoms with Gasteiger partial charge in [0.05, 0.1) is 6.26 Å². The van der Waals surface area contributed by atoms with Crippen molar-refractivity contribution >= 4 is 0 Å². The van der Waals surface area contributed by atoms with Gasteiger partial charge in [-0.15, -0.1) is 0 Å². The van der Waals surface area contributed by atoms with Crippen molar-refractivity contribution in [1.29, 1.82) is 0 Å². The number of hydrogen-bond acceptors (Lipinski definition) is 2. The monoisotopic (exact) mass is 286 g/mol. The molecule has 2 bridgehead atoms. The molecule has 5 rings (SSSR count). The fourth-order valence-electron chi connectivity index (χ4n) is 6.98. The molecule has 4 aliphatic rings. The SMILES string of the molecule is OCC1C[C@@]23CCC4c5ccoc5CCC4C2CC[C@@H]1C3. The van der Waals surface area contributed by atoms with Crippen LogP contribution in [0.25, 0.3) is 0 Å². The molecule has 1 N–H and O–H groups in total. The van der Waals surface area contributed by atoms with Crippen LogP contribution in [0.3, 0.4) is 0 Å². The van der Waals surface area contributed by atoms with Crippen molar-refractivity contribution in [2.75, 3.05) is 6.61 Å². The van der Waals surface area contributed by atoms with Crippen LogP contribution in [0.4, 0.5) is 0 Å². The summed E-state index contributed by atoms with van der Waals surface area (Å²) in [5.41, 5.74) is 2.14. The zero-order valence-corrected chi connectivity index (χ0v) is 12.8. The van der Waals surface area contributed by atoms with Crippen LogP contribution < -0.4 is 0 Å². The highest BCUT2D eigenvalue weighted by atomic mass is 16.3. The van der Waals surface area contributed by atoms with E-state index in [0.717, 1.165) is 30.1 Å². The van der Waals surface area contributed by atoms with Crippen LogP contribution in [-0.4, -0.2) is 11.7 Å². The Morgan fingerprint density at radius 3 is 3.05 bits per heavy atom. The third-order valence-electron chi connectivity index (χ3n) is 7.74. The second kappa shape index (κ2) is 4.38. The molecular weight excluding hydrogens is 260 g/mol. The summed E-state index contributed by atoms with van der Waals surface area (Å²) in [7, 11) is 0. The summed E-state index contributed by atoms with van der Waals surface area (Å²) in [5, 5.41) is 9.72. The number of fused-ring (bicyclic) bond motifs is 5. The van der Waals surface area contributed by atoms with Gasteiger partial charge in [0.15, 0.2) is 0 Å². The van der Waals surface area contributed by atoms with Gasteiger partial charge in [0.2, 0.25) is 0 Å². The predicted molar refractivity (Wildman–Crippen MR) is 81.0 cm³/mol. The molecule has 0 aliphatic heterocycles. The molecule has 2 heteroatoms. The summed E-state index contributed by atoms with van der Waals surface area (Å²) in [5.74, 6) is 5.30. The summed E-state index contributed by atoms with van der Waals surface area (Å²) in [6.07, 6.45) is 12.7. The standard InChI is InChI=1S/C19H26O2/c20-11-13-10-19-7-5-14-15(17(19)3-1-12(13)9-19)2-4-18-16(14)6-8-21-18/h6,8,12-15,17,20H,1-5,7,9-11H2/t12-,13?,14?,15?,17?,19+/m1/s1. The van der Waals surface area contributed by atoms with E-state index >= 15 is 0 Å². The van der Waals surface area contributed by atoms with Crippen LogP contribution in [-0.2, 0) is 6.42 Å². The molecule has 0 saturated heterocycles. The largest absolute Gasteiger partial charge is 0.469 e. The van der Waals surface area contributed by atoms with Gasteiger partial charge in [-0.05, 0) is 91.6 Å². The summed E-state index contributed by atoms with van der Waals surface area (Å²) < 4.78 is 5.70. The highest BCUT2D eigenvalue weighted by molar-refractivity contribution is 5.28. The summed E-state index contributed by atoms with van der Waals surface area (Å²) in [4.78, 5) is 0. The molecule has 0 amide bonds. The van der Waals surface area contributed by atoms with Crippen LogP contribution in [0.5, 0.6) is 0 Å². The van der Waals surface area contributed by atoms with Crippen molar-refractivity contribution in [1.82, 2.24) is 0 Å². The molecule has 0 aromatic carbocycles. The number of furan rings is 1. The molecule has 4 aliphatic carbocycles. The minimum atomic E-state index is 0.430. The lowest BCUT2D eigenvalue weighted by atomic mass is 9.51. The zero-order chi connectivity index (χ0) is 14.0. The van der Waals surface area contributed by atoms with E-state index in [1.54, 1.807) is 5.56 Å². The van der Waals surface area contributed by atoms with Crippen molar-refractivity contribution in [3.63, 3.8) is 0 Å². The summed E-state index contributed by atoms with van der Waals surface area (Å²) in [6, 6.07) is 2.25. The normalized spacial score (nSPS) is 47.6. The highest BCUT2D eigenvalue weighted by Gasteiger charge is 2.58. The lowest BCUT2D eigenvalue weighted by Gasteiger charge is -2.53. The van der Waals surface area contributed by atoms with Gasteiger partial charge in [-0.25, -0.2) is 0 Å². The van der Waals surface area contributed by atoms with Gasteiger partial charge in [0, 0.05) is 13.0 Å². The molecule has 3 fully saturated rings. The van der Waals surface area contributed by atoms with Gasteiger partial charge in [-0.1, -0.05) is 0 Å². The Hall–Kier alpha value is -0.760. The second-order valence-electron chi connectivity index (χ2n) is 8.30. The number of rotatable bonds is 1. The van der Waals surface area contributed by atoms with Crippen LogP contribution in [0.2, 0.25) is 0 Å². The lowest BCUT2D eigenvalue weighted by Crippen LogP contribution is -2.44. The molecule has 6 atom stereocenters. The lowest BCUT2D eigenvalue weighted by molar-refractivity contribution is -0.00774. The molecular formula is C19H26O2. The molecule has 1 heterocycles. The summed E-state index contributed by atoms with van der Waals surface area (Å²) >= 11 is 0. The highest BCUT2D eigenvalue weighted by Crippen LogP contribution is 2.67. The van der Waals surface area contributed by atoms with Gasteiger partial charge in [0.25, 0.3) is 0 Å². The third kappa shape index (κ3) is 1.63. The Bertz CT molecular complexity index is 548. The van der Waals surface area contributed by atoms with E-state index in [1.807, 2.05) is 6.26 Å². The first-order valence-corrected chi connectivity index (χ1v) is 8.98. The van der Waals surface area contributed by atoms with E-state index in [1.165, 1.54) is 50.7 Å². The minimum Gasteiger partial charge on any atom is -0.469 e. The maximum absolute atomic E-state index is 9.72. The number of hydrogen-bond donors (Lipinski definition) is 1. The quantitative estimate of drug-likeness (QED) is 0.842. The van der Waals surface area contributed by atoms with E-state index in [4.69, 9.17) is 4.42 Å². The van der Waals surface area contributed by atoms with Crippen LogP contribution in [0.15, 0.2) is 16.7 Å². The first-order chi connectivity index (χ1) is 10.3. The maximum Gasteiger partial charge on any atom is 0.107 e. The maximum atomic E-state index is 9.72. The van der Waals surface area contributed by atoms with Crippen molar-refractivity contribution < 1.29 is 9.52 Å². The molecule has 21 heavy (non-hydrogen) atoms. The minimum absolute atomic E-state index is 0.430. The molecule has 1 aromatic rings. The van der Waals surface area contributed by atoms with E-state index in [-0.39, 0.29) is 0 Å². The number of aliphatic hydroxyl groups excluding tert-OH is 1. The first-order valence-electron chi connectivity index (χ1n) is 8.98. The van der Waals surface area contributed by atoms with Crippen molar-refractivity contribution in [3.05, 3.63) is 23.7 Å². The molecule has 2 nitrogen and oxygen atoms in total. The molecule has 0 radical (unpaired) electrons. The Labute approximate surface area is 126 Å². The fraction of sp³-hybridized carbons (Fsp3) is 0.789. The first kappa shape index (κ1) is 12.8. The van der Waals surface area contributed by atoms with E-state index in [0.29, 0.717) is 17.9 Å². The molecule has 3 saturated carbocycles. The van der Waals surface area contributed by atoms with Crippen LogP contribution >= 0.6 is 0 Å². The van der Waals surface area contributed by atoms with Crippen LogP contribution in [0.1, 0.15) is 62.2 Å². The predicted octanol–water partition coefficient (Wildman–Crippen LogP) is 4.13. The smallest absolute Gasteiger partial charge is 0.107 e. The van der Waals surface area contributed by atoms with Gasteiger partial charge < -0.3 is 9.52 Å². The van der Waals surface area contributed by atoms with Gasteiger partial charge >= 0.3 is 0 Å². The Balaban J connectivity index is 1.49. The van der Waals surface area contributed by atoms with Crippen molar-refractivity contribution in [2.45, 2.75) is 57.3 Å². The molecule has 114 valence electrons. The fourth-order valence-corrected chi connectivity index (χ4v) is 6.98. The Kier molecular flexibility index (Phi) is 2.66. The zero-order valence-electron chi connectivity index (χ0n) is 12.8. The summed E-state index contributed by atoms with van der Waals surface area (Å²) in [6.45, 7) is 0.430. The second-order valence-corrected chi connectivity index (χ2v) is 8.30. The van der Waals surface area contributed by atoms with Crippen LogP contribution in [0, 0.1) is 29.1 Å². The topological polar surface area (TPSA) is 33.4 Å². The number of aryl methyl sites for hydroxylation is 1. The van der Waals surface area contributed by atoms with Crippen molar-refractivity contribution in [2.24, 2.45) is 29.1 Å².